The highest BCUT2D eigenvalue weighted by Gasteiger charge is 2.48. The van der Waals surface area contributed by atoms with Gasteiger partial charge in [-0.3, -0.25) is 0 Å². The Labute approximate surface area is 101 Å². The SMILES string of the molecule is FC(F)(F)C1CC(Cl)(Cl)Cc2ccccc21. The zero-order chi connectivity index (χ0) is 12.0. The second-order valence-corrected chi connectivity index (χ2v) is 5.67. The Hall–Kier alpha value is -0.410. The van der Waals surface area contributed by atoms with Crippen LogP contribution >= 0.6 is 23.2 Å². The number of fused-ring (bicyclic) bond motifs is 1. The Morgan fingerprint density at radius 2 is 1.81 bits per heavy atom. The summed E-state index contributed by atoms with van der Waals surface area (Å²) < 4.78 is 37.2. The van der Waals surface area contributed by atoms with E-state index in [1.807, 2.05) is 0 Å². The minimum absolute atomic E-state index is 0.263. The molecular formula is C11H9Cl2F3. The molecule has 0 aromatic heterocycles. The van der Waals surface area contributed by atoms with E-state index >= 15 is 0 Å². The van der Waals surface area contributed by atoms with Crippen LogP contribution in [0.15, 0.2) is 24.3 Å². The number of benzene rings is 1. The Morgan fingerprint density at radius 3 is 2.44 bits per heavy atom. The van der Waals surface area contributed by atoms with Gasteiger partial charge < -0.3 is 0 Å². The maximum Gasteiger partial charge on any atom is 0.395 e. The molecule has 1 unspecified atom stereocenters. The minimum Gasteiger partial charge on any atom is -0.170 e. The molecule has 16 heavy (non-hydrogen) atoms. The third-order valence-electron chi connectivity index (χ3n) is 2.78. The van der Waals surface area contributed by atoms with Gasteiger partial charge >= 0.3 is 6.18 Å². The summed E-state index contributed by atoms with van der Waals surface area (Å²) >= 11 is 11.7. The van der Waals surface area contributed by atoms with E-state index in [4.69, 9.17) is 23.2 Å². The molecule has 88 valence electrons. The molecule has 0 amide bonds. The van der Waals surface area contributed by atoms with Crippen LogP contribution in [0.2, 0.25) is 0 Å². The fraction of sp³-hybridized carbons (Fsp3) is 0.455. The first-order valence-corrected chi connectivity index (χ1v) is 5.57. The van der Waals surface area contributed by atoms with Gasteiger partial charge in [0.1, 0.15) is 4.33 Å². The lowest BCUT2D eigenvalue weighted by Gasteiger charge is -2.34. The quantitative estimate of drug-likeness (QED) is 0.610. The van der Waals surface area contributed by atoms with E-state index in [1.165, 1.54) is 6.07 Å². The molecule has 0 fully saturated rings. The smallest absolute Gasteiger partial charge is 0.170 e. The highest BCUT2D eigenvalue weighted by molar-refractivity contribution is 6.48. The van der Waals surface area contributed by atoms with Crippen LogP contribution in [-0.4, -0.2) is 10.5 Å². The molecular weight excluding hydrogens is 260 g/mol. The summed E-state index contributed by atoms with van der Waals surface area (Å²) in [5.74, 6) is -1.56. The maximum atomic E-state index is 12.8. The lowest BCUT2D eigenvalue weighted by Crippen LogP contribution is -2.34. The molecule has 5 heteroatoms. The summed E-state index contributed by atoms with van der Waals surface area (Å²) in [5, 5.41) is 0. The molecule has 0 aliphatic heterocycles. The minimum atomic E-state index is -4.30. The van der Waals surface area contributed by atoms with Crippen LogP contribution in [0.3, 0.4) is 0 Å². The normalized spacial score (nSPS) is 23.9. The number of hydrogen-bond acceptors (Lipinski definition) is 0. The van der Waals surface area contributed by atoms with Crippen molar-refractivity contribution in [2.24, 2.45) is 0 Å². The lowest BCUT2D eigenvalue weighted by atomic mass is 9.82. The molecule has 1 aliphatic carbocycles. The summed E-state index contributed by atoms with van der Waals surface area (Å²) in [6.07, 6.45) is -4.32. The zero-order valence-corrected chi connectivity index (χ0v) is 9.70. The van der Waals surface area contributed by atoms with Crippen molar-refractivity contribution in [1.29, 1.82) is 0 Å². The van der Waals surface area contributed by atoms with Gasteiger partial charge in [0.25, 0.3) is 0 Å². The van der Waals surface area contributed by atoms with Crippen LogP contribution in [0.5, 0.6) is 0 Å². The van der Waals surface area contributed by atoms with E-state index in [2.05, 4.69) is 0 Å². The molecule has 0 spiro atoms. The van der Waals surface area contributed by atoms with Crippen molar-refractivity contribution in [3.05, 3.63) is 35.4 Å². The molecule has 0 heterocycles. The van der Waals surface area contributed by atoms with Crippen molar-refractivity contribution >= 4 is 23.2 Å². The van der Waals surface area contributed by atoms with Crippen LogP contribution in [0.25, 0.3) is 0 Å². The molecule has 1 atom stereocenters. The van der Waals surface area contributed by atoms with E-state index < -0.39 is 16.4 Å². The van der Waals surface area contributed by atoms with Crippen molar-refractivity contribution in [2.45, 2.75) is 29.3 Å². The second-order valence-electron chi connectivity index (χ2n) is 4.03. The predicted molar refractivity (Wildman–Crippen MR) is 58.0 cm³/mol. The topological polar surface area (TPSA) is 0 Å². The third kappa shape index (κ3) is 2.30. The van der Waals surface area contributed by atoms with Gasteiger partial charge in [-0.2, -0.15) is 13.2 Å². The summed E-state index contributed by atoms with van der Waals surface area (Å²) in [6, 6.07) is 6.44. The second kappa shape index (κ2) is 3.81. The Balaban J connectivity index is 2.48. The zero-order valence-electron chi connectivity index (χ0n) is 8.19. The van der Waals surface area contributed by atoms with Gasteiger partial charge in [-0.05, 0) is 17.5 Å². The summed E-state index contributed by atoms with van der Waals surface area (Å²) in [6.45, 7) is 0. The molecule has 1 aromatic carbocycles. The number of hydrogen-bond donors (Lipinski definition) is 0. The highest BCUT2D eigenvalue weighted by Crippen LogP contribution is 2.49. The van der Waals surface area contributed by atoms with E-state index in [1.54, 1.807) is 18.2 Å². The van der Waals surface area contributed by atoms with Crippen LogP contribution in [-0.2, 0) is 6.42 Å². The van der Waals surface area contributed by atoms with Gasteiger partial charge in [-0.25, -0.2) is 0 Å². The van der Waals surface area contributed by atoms with Crippen LogP contribution in [0.4, 0.5) is 13.2 Å². The van der Waals surface area contributed by atoms with Crippen LogP contribution in [0, 0.1) is 0 Å². The fourth-order valence-electron chi connectivity index (χ4n) is 2.09. The van der Waals surface area contributed by atoms with Crippen molar-refractivity contribution in [3.63, 3.8) is 0 Å². The highest BCUT2D eigenvalue weighted by atomic mass is 35.5. The molecule has 0 N–H and O–H groups in total. The molecule has 0 saturated heterocycles. The molecule has 1 aliphatic rings. The van der Waals surface area contributed by atoms with Gasteiger partial charge in [0.2, 0.25) is 0 Å². The average Bonchev–Trinajstić information content (AvgIpc) is 2.13. The van der Waals surface area contributed by atoms with Crippen molar-refractivity contribution in [3.8, 4) is 0 Å². The van der Waals surface area contributed by atoms with Crippen molar-refractivity contribution in [1.82, 2.24) is 0 Å². The lowest BCUT2D eigenvalue weighted by molar-refractivity contribution is -0.153. The molecule has 0 radical (unpaired) electrons. The first-order chi connectivity index (χ1) is 7.30. The maximum absolute atomic E-state index is 12.8. The molecule has 0 saturated carbocycles. The number of alkyl halides is 5. The summed E-state index contributed by atoms with van der Waals surface area (Å²) in [4.78, 5) is 0. The Kier molecular flexibility index (Phi) is 2.87. The summed E-state index contributed by atoms with van der Waals surface area (Å²) in [7, 11) is 0. The largest absolute Gasteiger partial charge is 0.395 e. The van der Waals surface area contributed by atoms with Gasteiger partial charge in [0.05, 0.1) is 5.92 Å². The average molecular weight is 269 g/mol. The molecule has 1 aromatic rings. The van der Waals surface area contributed by atoms with Crippen molar-refractivity contribution in [2.75, 3.05) is 0 Å². The van der Waals surface area contributed by atoms with E-state index in [0.717, 1.165) is 0 Å². The molecule has 0 bridgehead atoms. The molecule has 0 nitrogen and oxygen atoms in total. The van der Waals surface area contributed by atoms with Gasteiger partial charge in [-0.1, -0.05) is 24.3 Å². The van der Waals surface area contributed by atoms with E-state index in [-0.39, 0.29) is 12.8 Å². The first kappa shape index (κ1) is 12.1. The number of rotatable bonds is 0. The fourth-order valence-corrected chi connectivity index (χ4v) is 2.68. The van der Waals surface area contributed by atoms with E-state index in [0.29, 0.717) is 11.1 Å². The Bertz CT molecular complexity index is 398. The third-order valence-corrected chi connectivity index (χ3v) is 3.35. The summed E-state index contributed by atoms with van der Waals surface area (Å²) in [5.41, 5.74) is 0.882. The van der Waals surface area contributed by atoms with Gasteiger partial charge in [-0.15, -0.1) is 23.2 Å². The van der Waals surface area contributed by atoms with Gasteiger partial charge in [0, 0.05) is 6.42 Å². The van der Waals surface area contributed by atoms with Crippen molar-refractivity contribution < 1.29 is 13.2 Å². The molecule has 2 rings (SSSR count). The van der Waals surface area contributed by atoms with E-state index in [9.17, 15) is 13.2 Å². The van der Waals surface area contributed by atoms with Crippen LogP contribution in [0.1, 0.15) is 23.5 Å². The standard InChI is InChI=1S/C11H9Cl2F3/c12-10(13)5-7-3-1-2-4-8(7)9(6-10)11(14,15)16/h1-4,9H,5-6H2. The predicted octanol–water partition coefficient (Wildman–Crippen LogP) is 4.45. The van der Waals surface area contributed by atoms with Crippen LogP contribution < -0.4 is 0 Å². The monoisotopic (exact) mass is 268 g/mol. The first-order valence-electron chi connectivity index (χ1n) is 4.82. The Morgan fingerprint density at radius 1 is 1.19 bits per heavy atom. The number of halogens is 5. The van der Waals surface area contributed by atoms with Gasteiger partial charge in [0.15, 0.2) is 0 Å².